The van der Waals surface area contributed by atoms with Crippen LogP contribution in [0.1, 0.15) is 25.3 Å². The van der Waals surface area contributed by atoms with Crippen molar-refractivity contribution in [2.24, 2.45) is 5.41 Å². The molecule has 2 rings (SSSR count). The maximum atomic E-state index is 12.4. The number of rotatable bonds is 4. The molecule has 0 saturated carbocycles. The van der Waals surface area contributed by atoms with Crippen LogP contribution in [0.2, 0.25) is 0 Å². The Morgan fingerprint density at radius 3 is 2.71 bits per heavy atom. The highest BCUT2D eigenvalue weighted by molar-refractivity contribution is 9.10. The van der Waals surface area contributed by atoms with Crippen LogP contribution < -0.4 is 10.0 Å². The maximum absolute atomic E-state index is 12.4. The Hall–Kier alpha value is -0.140. The Kier molecular flexibility index (Phi) is 6.68. The minimum atomic E-state index is -3.47. The van der Waals surface area contributed by atoms with Crippen molar-refractivity contribution in [1.29, 1.82) is 0 Å². The Balaban J connectivity index is 0.00000220. The zero-order valence-corrected chi connectivity index (χ0v) is 15.5. The van der Waals surface area contributed by atoms with Crippen molar-refractivity contribution >= 4 is 38.4 Å². The molecule has 0 radical (unpaired) electrons. The van der Waals surface area contributed by atoms with E-state index in [1.54, 1.807) is 6.07 Å². The van der Waals surface area contributed by atoms with Gasteiger partial charge < -0.3 is 5.32 Å². The first kappa shape index (κ1) is 18.9. The molecule has 120 valence electrons. The van der Waals surface area contributed by atoms with Crippen molar-refractivity contribution in [2.45, 2.75) is 31.6 Å². The van der Waals surface area contributed by atoms with Gasteiger partial charge in [0, 0.05) is 17.6 Å². The molecule has 2 N–H and O–H groups in total. The monoisotopic (exact) mass is 396 g/mol. The first-order valence-corrected chi connectivity index (χ1v) is 9.07. The standard InChI is InChI=1S/C14H21BrN2O2S.ClH/c1-11-4-5-13(12(15)8-11)20(18,19)17-10-14(2)6-3-7-16-9-14;/h4-5,8,16-17H,3,6-7,9-10H2,1-2H3;1H. The van der Waals surface area contributed by atoms with Gasteiger partial charge in [0.1, 0.15) is 0 Å². The molecule has 1 aromatic rings. The van der Waals surface area contributed by atoms with Gasteiger partial charge in [-0.05, 0) is 65.4 Å². The predicted octanol–water partition coefficient (Wildman–Crippen LogP) is 2.85. The lowest BCUT2D eigenvalue weighted by Gasteiger charge is -2.34. The van der Waals surface area contributed by atoms with Gasteiger partial charge in [0.2, 0.25) is 10.0 Å². The van der Waals surface area contributed by atoms with Gasteiger partial charge in [0.05, 0.1) is 4.90 Å². The summed E-state index contributed by atoms with van der Waals surface area (Å²) in [5.74, 6) is 0. The van der Waals surface area contributed by atoms with Crippen LogP contribution in [0.15, 0.2) is 27.6 Å². The van der Waals surface area contributed by atoms with E-state index < -0.39 is 10.0 Å². The van der Waals surface area contributed by atoms with Crippen LogP contribution in [-0.2, 0) is 10.0 Å². The van der Waals surface area contributed by atoms with Gasteiger partial charge >= 0.3 is 0 Å². The third-order valence-electron chi connectivity index (χ3n) is 3.75. The molecule has 1 fully saturated rings. The summed E-state index contributed by atoms with van der Waals surface area (Å²) in [5.41, 5.74) is 1.02. The van der Waals surface area contributed by atoms with E-state index in [9.17, 15) is 8.42 Å². The van der Waals surface area contributed by atoms with Crippen LogP contribution in [-0.4, -0.2) is 28.1 Å². The summed E-state index contributed by atoms with van der Waals surface area (Å²) in [6.45, 7) is 6.38. The molecule has 1 unspecified atom stereocenters. The van der Waals surface area contributed by atoms with Crippen molar-refractivity contribution in [3.05, 3.63) is 28.2 Å². The molecule has 1 aliphatic heterocycles. The average Bonchev–Trinajstić information content (AvgIpc) is 2.37. The van der Waals surface area contributed by atoms with E-state index in [2.05, 4.69) is 32.9 Å². The summed E-state index contributed by atoms with van der Waals surface area (Å²) in [5, 5.41) is 3.33. The normalized spacial score (nSPS) is 22.6. The van der Waals surface area contributed by atoms with Gasteiger partial charge in [-0.25, -0.2) is 13.1 Å². The molecule has 0 amide bonds. The van der Waals surface area contributed by atoms with Crippen molar-refractivity contribution < 1.29 is 8.42 Å². The number of halogens is 2. The number of aryl methyl sites for hydroxylation is 1. The molecule has 1 aromatic carbocycles. The molecule has 1 aliphatic rings. The Morgan fingerprint density at radius 1 is 1.43 bits per heavy atom. The summed E-state index contributed by atoms with van der Waals surface area (Å²) >= 11 is 3.33. The van der Waals surface area contributed by atoms with E-state index in [0.717, 1.165) is 31.5 Å². The Labute approximate surface area is 141 Å². The van der Waals surface area contributed by atoms with Crippen LogP contribution in [0.5, 0.6) is 0 Å². The minimum absolute atomic E-state index is 0. The smallest absolute Gasteiger partial charge is 0.241 e. The van der Waals surface area contributed by atoms with E-state index in [0.29, 0.717) is 15.9 Å². The number of hydrogen-bond donors (Lipinski definition) is 2. The molecule has 0 bridgehead atoms. The molecule has 0 spiro atoms. The number of hydrogen-bond acceptors (Lipinski definition) is 3. The van der Waals surface area contributed by atoms with Gasteiger partial charge in [-0.1, -0.05) is 13.0 Å². The molecule has 1 saturated heterocycles. The molecule has 1 atom stereocenters. The van der Waals surface area contributed by atoms with Crippen molar-refractivity contribution in [3.8, 4) is 0 Å². The van der Waals surface area contributed by atoms with E-state index in [4.69, 9.17) is 0 Å². The number of piperidine rings is 1. The quantitative estimate of drug-likeness (QED) is 0.821. The number of benzene rings is 1. The molecular weight excluding hydrogens is 376 g/mol. The molecule has 1 heterocycles. The number of sulfonamides is 1. The van der Waals surface area contributed by atoms with Gasteiger partial charge in [-0.2, -0.15) is 0 Å². The highest BCUT2D eigenvalue weighted by Crippen LogP contribution is 2.27. The summed E-state index contributed by atoms with van der Waals surface area (Å²) in [6.07, 6.45) is 2.13. The predicted molar refractivity (Wildman–Crippen MR) is 91.5 cm³/mol. The fourth-order valence-corrected chi connectivity index (χ4v) is 4.83. The van der Waals surface area contributed by atoms with E-state index in [1.165, 1.54) is 0 Å². The number of nitrogens with one attached hydrogen (secondary N) is 2. The highest BCUT2D eigenvalue weighted by Gasteiger charge is 2.29. The third kappa shape index (κ3) is 4.93. The first-order chi connectivity index (χ1) is 9.32. The lowest BCUT2D eigenvalue weighted by molar-refractivity contribution is 0.238. The molecular formula is C14H22BrClN2O2S. The summed E-state index contributed by atoms with van der Waals surface area (Å²) in [4.78, 5) is 0.301. The zero-order valence-electron chi connectivity index (χ0n) is 12.3. The van der Waals surface area contributed by atoms with E-state index in [1.807, 2.05) is 19.1 Å². The van der Waals surface area contributed by atoms with Crippen LogP contribution in [0.3, 0.4) is 0 Å². The largest absolute Gasteiger partial charge is 0.316 e. The van der Waals surface area contributed by atoms with Gasteiger partial charge in [0.15, 0.2) is 0 Å². The fourth-order valence-electron chi connectivity index (χ4n) is 2.44. The molecule has 0 aliphatic carbocycles. The zero-order chi connectivity index (χ0) is 14.8. The van der Waals surface area contributed by atoms with Crippen LogP contribution in [0, 0.1) is 12.3 Å². The summed E-state index contributed by atoms with van der Waals surface area (Å²) in [6, 6.07) is 5.27. The van der Waals surface area contributed by atoms with Crippen LogP contribution in [0.25, 0.3) is 0 Å². The Bertz CT molecular complexity index is 587. The molecule has 21 heavy (non-hydrogen) atoms. The minimum Gasteiger partial charge on any atom is -0.316 e. The fraction of sp³-hybridized carbons (Fsp3) is 0.571. The Morgan fingerprint density at radius 2 is 2.14 bits per heavy atom. The van der Waals surface area contributed by atoms with E-state index in [-0.39, 0.29) is 17.8 Å². The van der Waals surface area contributed by atoms with Gasteiger partial charge in [-0.3, -0.25) is 0 Å². The average molecular weight is 398 g/mol. The first-order valence-electron chi connectivity index (χ1n) is 6.79. The second-order valence-electron chi connectivity index (χ2n) is 5.85. The van der Waals surface area contributed by atoms with Gasteiger partial charge in [0.25, 0.3) is 0 Å². The van der Waals surface area contributed by atoms with E-state index >= 15 is 0 Å². The summed E-state index contributed by atoms with van der Waals surface area (Å²) < 4.78 is 28.1. The molecule has 7 heteroatoms. The van der Waals surface area contributed by atoms with Crippen LogP contribution >= 0.6 is 28.3 Å². The third-order valence-corrected chi connectivity index (χ3v) is 6.13. The highest BCUT2D eigenvalue weighted by atomic mass is 79.9. The van der Waals surface area contributed by atoms with Crippen molar-refractivity contribution in [1.82, 2.24) is 10.0 Å². The van der Waals surface area contributed by atoms with Gasteiger partial charge in [-0.15, -0.1) is 12.4 Å². The maximum Gasteiger partial charge on any atom is 0.241 e. The van der Waals surface area contributed by atoms with Crippen LogP contribution in [0.4, 0.5) is 0 Å². The lowest BCUT2D eigenvalue weighted by Crippen LogP contribution is -2.45. The summed E-state index contributed by atoms with van der Waals surface area (Å²) in [7, 11) is -3.47. The SMILES string of the molecule is Cc1ccc(S(=O)(=O)NCC2(C)CCCNC2)c(Br)c1.Cl. The second kappa shape index (κ2) is 7.42. The second-order valence-corrected chi connectivity index (χ2v) is 8.44. The van der Waals surface area contributed by atoms with Crippen molar-refractivity contribution in [3.63, 3.8) is 0 Å². The molecule has 4 nitrogen and oxygen atoms in total. The van der Waals surface area contributed by atoms with Crippen molar-refractivity contribution in [2.75, 3.05) is 19.6 Å². The molecule has 0 aromatic heterocycles. The lowest BCUT2D eigenvalue weighted by atomic mass is 9.83. The topological polar surface area (TPSA) is 58.2 Å².